The lowest BCUT2D eigenvalue weighted by atomic mass is 9.87. The number of ether oxygens (including phenoxy) is 1. The Bertz CT molecular complexity index is 1070. The van der Waals surface area contributed by atoms with Crippen LogP contribution in [0.25, 0.3) is 5.69 Å². The minimum atomic E-state index is -0.476. The maximum atomic E-state index is 12.8. The van der Waals surface area contributed by atoms with Crippen molar-refractivity contribution in [2.24, 2.45) is 0 Å². The lowest BCUT2D eigenvalue weighted by Gasteiger charge is -2.20. The molecule has 0 spiro atoms. The molecule has 0 saturated carbocycles. The second-order valence-electron chi connectivity index (χ2n) is 7.69. The number of nitrogens with zero attached hydrogens (tertiary/aromatic N) is 3. The van der Waals surface area contributed by atoms with Gasteiger partial charge in [0.2, 0.25) is 0 Å². The third-order valence-corrected chi connectivity index (χ3v) is 4.82. The van der Waals surface area contributed by atoms with Gasteiger partial charge in [-0.25, -0.2) is 4.68 Å². The number of aromatic nitrogens is 3. The normalized spacial score (nSPS) is 11.4. The fraction of sp³-hybridized carbons (Fsp3) is 0.286. The molecule has 7 nitrogen and oxygen atoms in total. The van der Waals surface area contributed by atoms with Crippen LogP contribution in [0.2, 0.25) is 5.02 Å². The highest BCUT2D eigenvalue weighted by atomic mass is 35.5. The summed E-state index contributed by atoms with van der Waals surface area (Å²) in [6.07, 6.45) is 0. The topological polar surface area (TPSA) is 89.3 Å². The van der Waals surface area contributed by atoms with E-state index in [2.05, 4.69) is 36.4 Å². The number of anilines is 1. The molecular weight excluding hydrogens is 392 g/mol. The van der Waals surface area contributed by atoms with Crippen LogP contribution in [-0.4, -0.2) is 33.1 Å². The number of rotatable bonds is 4. The van der Waals surface area contributed by atoms with Crippen molar-refractivity contribution >= 4 is 23.2 Å². The van der Waals surface area contributed by atoms with Crippen LogP contribution in [0.5, 0.6) is 11.5 Å². The van der Waals surface area contributed by atoms with Gasteiger partial charge in [0.15, 0.2) is 5.69 Å². The minimum absolute atomic E-state index is 0.0205. The van der Waals surface area contributed by atoms with E-state index >= 15 is 0 Å². The van der Waals surface area contributed by atoms with Gasteiger partial charge in [0.25, 0.3) is 5.91 Å². The molecule has 2 N–H and O–H groups in total. The molecule has 0 radical (unpaired) electrons. The fourth-order valence-corrected chi connectivity index (χ4v) is 3.05. The monoisotopic (exact) mass is 414 g/mol. The Hall–Kier alpha value is -3.06. The number of halogens is 1. The number of hydrogen-bond acceptors (Lipinski definition) is 5. The van der Waals surface area contributed by atoms with Crippen LogP contribution in [0.1, 0.15) is 42.5 Å². The number of phenols is 1. The molecule has 8 heteroatoms. The lowest BCUT2D eigenvalue weighted by Crippen LogP contribution is -2.16. The zero-order chi connectivity index (χ0) is 21.3. The summed E-state index contributed by atoms with van der Waals surface area (Å²) in [6, 6.07) is 10.3. The lowest BCUT2D eigenvalue weighted by molar-refractivity contribution is 0.102. The maximum Gasteiger partial charge on any atom is 0.278 e. The quantitative estimate of drug-likeness (QED) is 0.614. The second kappa shape index (κ2) is 7.75. The van der Waals surface area contributed by atoms with Crippen LogP contribution in [-0.2, 0) is 5.41 Å². The van der Waals surface area contributed by atoms with E-state index in [9.17, 15) is 9.90 Å². The average molecular weight is 415 g/mol. The molecule has 0 fully saturated rings. The van der Waals surface area contributed by atoms with E-state index in [1.165, 1.54) is 11.8 Å². The average Bonchev–Trinajstić information content (AvgIpc) is 3.04. The highest BCUT2D eigenvalue weighted by Crippen LogP contribution is 2.31. The molecule has 29 heavy (non-hydrogen) atoms. The van der Waals surface area contributed by atoms with E-state index in [0.29, 0.717) is 27.8 Å². The molecule has 1 aromatic heterocycles. The number of methoxy groups -OCH3 is 1. The molecule has 0 unspecified atom stereocenters. The number of phenolic OH excluding ortho intramolecular Hbond substituents is 1. The standard InChI is InChI=1S/C21H23ClN4O3/c1-12-19(24-25-26(12)16-11-14(22)7-9-18(16)29-5)20(28)23-15-10-13(21(2,3)4)6-8-17(15)27/h6-11,27H,1-5H3,(H,23,28). The molecule has 0 aliphatic heterocycles. The Kier molecular flexibility index (Phi) is 5.53. The van der Waals surface area contributed by atoms with E-state index in [1.807, 2.05) is 6.07 Å². The number of aromatic hydroxyl groups is 1. The Morgan fingerprint density at radius 2 is 1.93 bits per heavy atom. The van der Waals surface area contributed by atoms with Gasteiger partial charge in [-0.2, -0.15) is 0 Å². The molecule has 2 aromatic carbocycles. The van der Waals surface area contributed by atoms with E-state index in [0.717, 1.165) is 5.56 Å². The molecule has 3 aromatic rings. The number of carbonyl (C=O) groups excluding carboxylic acids is 1. The highest BCUT2D eigenvalue weighted by molar-refractivity contribution is 6.30. The van der Waals surface area contributed by atoms with Crippen LogP contribution >= 0.6 is 11.6 Å². The van der Waals surface area contributed by atoms with E-state index in [4.69, 9.17) is 16.3 Å². The third kappa shape index (κ3) is 4.19. The van der Waals surface area contributed by atoms with Crippen LogP contribution in [0.3, 0.4) is 0 Å². The fourth-order valence-electron chi connectivity index (χ4n) is 2.88. The largest absolute Gasteiger partial charge is 0.506 e. The Morgan fingerprint density at radius 1 is 1.21 bits per heavy atom. The predicted molar refractivity (Wildman–Crippen MR) is 112 cm³/mol. The number of nitrogens with one attached hydrogen (secondary N) is 1. The van der Waals surface area contributed by atoms with Gasteiger partial charge < -0.3 is 15.2 Å². The van der Waals surface area contributed by atoms with Crippen molar-refractivity contribution in [3.63, 3.8) is 0 Å². The highest BCUT2D eigenvalue weighted by Gasteiger charge is 2.22. The predicted octanol–water partition coefficient (Wildman–Crippen LogP) is 4.49. The summed E-state index contributed by atoms with van der Waals surface area (Å²) in [6.45, 7) is 7.89. The van der Waals surface area contributed by atoms with Gasteiger partial charge in [-0.1, -0.05) is 43.7 Å². The molecular formula is C21H23ClN4O3. The van der Waals surface area contributed by atoms with Gasteiger partial charge in [-0.05, 0) is 48.2 Å². The maximum absolute atomic E-state index is 12.8. The number of hydrogen-bond donors (Lipinski definition) is 2. The number of amides is 1. The molecule has 0 atom stereocenters. The molecule has 0 bridgehead atoms. The van der Waals surface area contributed by atoms with Gasteiger partial charge >= 0.3 is 0 Å². The first-order chi connectivity index (χ1) is 13.6. The van der Waals surface area contributed by atoms with Crippen LogP contribution in [0.15, 0.2) is 36.4 Å². The molecule has 0 saturated heterocycles. The van der Waals surface area contributed by atoms with Crippen LogP contribution < -0.4 is 10.1 Å². The smallest absolute Gasteiger partial charge is 0.278 e. The third-order valence-electron chi connectivity index (χ3n) is 4.59. The van der Waals surface area contributed by atoms with Crippen molar-refractivity contribution < 1.29 is 14.6 Å². The van der Waals surface area contributed by atoms with Crippen molar-refractivity contribution in [3.05, 3.63) is 58.4 Å². The Labute approximate surface area is 174 Å². The van der Waals surface area contributed by atoms with Crippen molar-refractivity contribution in [3.8, 4) is 17.2 Å². The van der Waals surface area contributed by atoms with Crippen LogP contribution in [0, 0.1) is 6.92 Å². The van der Waals surface area contributed by atoms with E-state index < -0.39 is 5.91 Å². The van der Waals surface area contributed by atoms with Gasteiger partial charge in [-0.3, -0.25) is 4.79 Å². The summed E-state index contributed by atoms with van der Waals surface area (Å²) >= 11 is 6.10. The summed E-state index contributed by atoms with van der Waals surface area (Å²) in [5, 5.41) is 21.5. The molecule has 3 rings (SSSR count). The Morgan fingerprint density at radius 3 is 2.59 bits per heavy atom. The molecule has 0 aliphatic rings. The van der Waals surface area contributed by atoms with Crippen molar-refractivity contribution in [2.75, 3.05) is 12.4 Å². The molecule has 152 valence electrons. The van der Waals surface area contributed by atoms with E-state index in [-0.39, 0.29) is 16.9 Å². The zero-order valence-electron chi connectivity index (χ0n) is 16.9. The summed E-state index contributed by atoms with van der Waals surface area (Å²) in [7, 11) is 1.54. The van der Waals surface area contributed by atoms with Crippen molar-refractivity contribution in [1.29, 1.82) is 0 Å². The summed E-state index contributed by atoms with van der Waals surface area (Å²) in [5.74, 6) is 0.0499. The van der Waals surface area contributed by atoms with Gasteiger partial charge in [0.1, 0.15) is 17.2 Å². The summed E-state index contributed by atoms with van der Waals surface area (Å²) in [5.41, 5.74) is 2.38. The summed E-state index contributed by atoms with van der Waals surface area (Å²) < 4.78 is 6.85. The van der Waals surface area contributed by atoms with E-state index in [1.54, 1.807) is 37.3 Å². The number of carbonyl (C=O) groups is 1. The zero-order valence-corrected chi connectivity index (χ0v) is 17.7. The second-order valence-corrected chi connectivity index (χ2v) is 8.12. The SMILES string of the molecule is COc1ccc(Cl)cc1-n1nnc(C(=O)Nc2cc(C(C)(C)C)ccc2O)c1C. The first-order valence-corrected chi connectivity index (χ1v) is 9.40. The Balaban J connectivity index is 1.94. The molecule has 0 aliphatic carbocycles. The first-order valence-electron chi connectivity index (χ1n) is 9.03. The van der Waals surface area contributed by atoms with Crippen molar-refractivity contribution in [2.45, 2.75) is 33.1 Å². The molecule has 1 heterocycles. The molecule has 1 amide bonds. The van der Waals surface area contributed by atoms with Crippen molar-refractivity contribution in [1.82, 2.24) is 15.0 Å². The minimum Gasteiger partial charge on any atom is -0.506 e. The van der Waals surface area contributed by atoms with Gasteiger partial charge in [-0.15, -0.1) is 5.10 Å². The van der Waals surface area contributed by atoms with Gasteiger partial charge in [0, 0.05) is 5.02 Å². The van der Waals surface area contributed by atoms with Gasteiger partial charge in [0.05, 0.1) is 18.5 Å². The van der Waals surface area contributed by atoms with Crippen LogP contribution in [0.4, 0.5) is 5.69 Å². The summed E-state index contributed by atoms with van der Waals surface area (Å²) in [4.78, 5) is 12.8. The first kappa shape index (κ1) is 20.7. The number of benzene rings is 2.